The largest absolute Gasteiger partial charge is 0.416 e. The van der Waals surface area contributed by atoms with Crippen LogP contribution in [0.5, 0.6) is 0 Å². The number of carbonyl (C=O) groups excluding carboxylic acids is 1. The van der Waals surface area contributed by atoms with Gasteiger partial charge in [-0.3, -0.25) is 4.79 Å². The zero-order valence-corrected chi connectivity index (χ0v) is 12.5. The average molecular weight is 321 g/mol. The summed E-state index contributed by atoms with van der Waals surface area (Å²) in [5.74, 6) is -0.502. The summed E-state index contributed by atoms with van der Waals surface area (Å²) in [6.07, 6.45) is -4.53. The molecule has 0 bridgehead atoms. The molecule has 120 valence electrons. The van der Waals surface area contributed by atoms with Crippen LogP contribution in [0.3, 0.4) is 0 Å². The maximum atomic E-state index is 12.9. The molecule has 2 aromatic rings. The number of carbonyl (C=O) groups is 1. The van der Waals surface area contributed by atoms with E-state index in [0.29, 0.717) is 16.8 Å². The molecule has 0 unspecified atom stereocenters. The minimum absolute atomic E-state index is 0.0654. The van der Waals surface area contributed by atoms with Gasteiger partial charge in [-0.15, -0.1) is 0 Å². The average Bonchev–Trinajstić information content (AvgIpc) is 2.54. The molecule has 23 heavy (non-hydrogen) atoms. The van der Waals surface area contributed by atoms with E-state index in [9.17, 15) is 18.0 Å². The zero-order chi connectivity index (χ0) is 17.0. The fraction of sp³-hybridized carbons (Fsp3) is 0.176. The van der Waals surface area contributed by atoms with Crippen molar-refractivity contribution in [1.29, 1.82) is 0 Å². The molecule has 0 aliphatic heterocycles. The van der Waals surface area contributed by atoms with Gasteiger partial charge in [0.25, 0.3) is 0 Å². The van der Waals surface area contributed by atoms with Gasteiger partial charge in [0.2, 0.25) is 0 Å². The monoisotopic (exact) mass is 321 g/mol. The predicted octanol–water partition coefficient (Wildman–Crippen LogP) is 4.31. The van der Waals surface area contributed by atoms with E-state index in [1.54, 1.807) is 37.3 Å². The minimum Gasteiger partial charge on any atom is -0.399 e. The maximum absolute atomic E-state index is 12.9. The topological polar surface area (TPSA) is 38.7 Å². The van der Waals surface area contributed by atoms with E-state index in [-0.39, 0.29) is 5.56 Å². The van der Waals surface area contributed by atoms with Gasteiger partial charge in [0.15, 0.2) is 5.78 Å². The quantitative estimate of drug-likeness (QED) is 0.478. The second-order valence-electron chi connectivity index (χ2n) is 4.81. The fourth-order valence-electron chi connectivity index (χ4n) is 2.16. The van der Waals surface area contributed by atoms with Crippen molar-refractivity contribution in [2.24, 2.45) is 5.16 Å². The smallest absolute Gasteiger partial charge is 0.399 e. The van der Waals surface area contributed by atoms with Crippen LogP contribution in [0.25, 0.3) is 0 Å². The number of benzene rings is 2. The number of hydrogen-bond acceptors (Lipinski definition) is 3. The summed E-state index contributed by atoms with van der Waals surface area (Å²) in [6, 6.07) is 11.1. The predicted molar refractivity (Wildman–Crippen MR) is 80.5 cm³/mol. The fourth-order valence-corrected chi connectivity index (χ4v) is 2.16. The Balaban J connectivity index is 2.61. The van der Waals surface area contributed by atoms with Crippen LogP contribution in [0, 0.1) is 0 Å². The number of oxime groups is 1. The summed E-state index contributed by atoms with van der Waals surface area (Å²) in [5.41, 5.74) is -0.0254. The molecule has 0 aliphatic rings. The highest BCUT2D eigenvalue weighted by atomic mass is 19.4. The number of alkyl halides is 3. The van der Waals surface area contributed by atoms with Crippen LogP contribution in [0.15, 0.2) is 53.7 Å². The van der Waals surface area contributed by atoms with Crippen LogP contribution in [0.1, 0.15) is 34.0 Å². The molecule has 6 heteroatoms. The molecule has 0 saturated carbocycles. The van der Waals surface area contributed by atoms with Gasteiger partial charge in [-0.05, 0) is 19.1 Å². The SMILES string of the molecule is CO/N=C(\C)c1ccc(C(F)(F)F)cc1C(=O)c1ccccc1. The second kappa shape index (κ2) is 6.64. The van der Waals surface area contributed by atoms with Gasteiger partial charge in [0.1, 0.15) is 7.11 Å². The lowest BCUT2D eigenvalue weighted by molar-refractivity contribution is -0.137. The van der Waals surface area contributed by atoms with Crippen LogP contribution < -0.4 is 0 Å². The maximum Gasteiger partial charge on any atom is 0.416 e. The van der Waals surface area contributed by atoms with Crippen molar-refractivity contribution in [1.82, 2.24) is 0 Å². The highest BCUT2D eigenvalue weighted by Gasteiger charge is 2.32. The number of halogens is 3. The lowest BCUT2D eigenvalue weighted by Crippen LogP contribution is -2.13. The van der Waals surface area contributed by atoms with Gasteiger partial charge in [0.05, 0.1) is 11.3 Å². The third kappa shape index (κ3) is 3.77. The first-order valence-electron chi connectivity index (χ1n) is 6.73. The Hall–Kier alpha value is -2.63. The molecular weight excluding hydrogens is 307 g/mol. The molecule has 0 heterocycles. The highest BCUT2D eigenvalue weighted by Crippen LogP contribution is 2.31. The number of nitrogens with zero attached hydrogens (tertiary/aromatic N) is 1. The van der Waals surface area contributed by atoms with Crippen LogP contribution in [-0.2, 0) is 11.0 Å². The number of ketones is 1. The van der Waals surface area contributed by atoms with Crippen LogP contribution >= 0.6 is 0 Å². The van der Waals surface area contributed by atoms with E-state index >= 15 is 0 Å². The van der Waals surface area contributed by atoms with Gasteiger partial charge < -0.3 is 4.84 Å². The lowest BCUT2D eigenvalue weighted by Gasteiger charge is -2.13. The minimum atomic E-state index is -4.53. The molecule has 0 saturated heterocycles. The molecule has 2 aromatic carbocycles. The molecule has 0 aliphatic carbocycles. The second-order valence-corrected chi connectivity index (χ2v) is 4.81. The van der Waals surface area contributed by atoms with Gasteiger partial charge >= 0.3 is 6.18 Å². The first-order chi connectivity index (χ1) is 10.8. The van der Waals surface area contributed by atoms with Gasteiger partial charge in [0, 0.05) is 16.7 Å². The van der Waals surface area contributed by atoms with Crippen LogP contribution in [0.4, 0.5) is 13.2 Å². The van der Waals surface area contributed by atoms with Gasteiger partial charge in [-0.1, -0.05) is 41.6 Å². The van der Waals surface area contributed by atoms with Crippen molar-refractivity contribution in [2.45, 2.75) is 13.1 Å². The summed E-state index contributed by atoms with van der Waals surface area (Å²) >= 11 is 0. The van der Waals surface area contributed by atoms with Crippen LogP contribution in [-0.4, -0.2) is 18.6 Å². The van der Waals surface area contributed by atoms with Crippen molar-refractivity contribution in [3.05, 3.63) is 70.8 Å². The van der Waals surface area contributed by atoms with Crippen molar-refractivity contribution in [3.63, 3.8) is 0 Å². The first kappa shape index (κ1) is 16.7. The summed E-state index contributed by atoms with van der Waals surface area (Å²) in [4.78, 5) is 17.2. The number of rotatable bonds is 4. The van der Waals surface area contributed by atoms with Crippen molar-refractivity contribution in [2.75, 3.05) is 7.11 Å². The third-order valence-electron chi connectivity index (χ3n) is 3.25. The normalized spacial score (nSPS) is 12.1. The molecule has 0 N–H and O–H groups in total. The van der Waals surface area contributed by atoms with Crippen molar-refractivity contribution in [3.8, 4) is 0 Å². The molecule has 0 aromatic heterocycles. The molecule has 3 nitrogen and oxygen atoms in total. The van der Waals surface area contributed by atoms with E-state index in [1.165, 1.54) is 13.2 Å². The Labute approximate surface area is 131 Å². The first-order valence-corrected chi connectivity index (χ1v) is 6.73. The van der Waals surface area contributed by atoms with Crippen LogP contribution in [0.2, 0.25) is 0 Å². The molecule has 0 fully saturated rings. The summed E-state index contributed by atoms with van der Waals surface area (Å²) < 4.78 is 38.8. The Morgan fingerprint density at radius 2 is 1.70 bits per heavy atom. The molecule has 0 radical (unpaired) electrons. The zero-order valence-electron chi connectivity index (χ0n) is 12.5. The van der Waals surface area contributed by atoms with E-state index in [4.69, 9.17) is 0 Å². The molecular formula is C17H14F3NO2. The summed E-state index contributed by atoms with van der Waals surface area (Å²) in [5, 5.41) is 3.71. The lowest BCUT2D eigenvalue weighted by atomic mass is 9.94. The summed E-state index contributed by atoms with van der Waals surface area (Å²) in [6.45, 7) is 1.56. The molecule has 0 amide bonds. The van der Waals surface area contributed by atoms with Gasteiger partial charge in [-0.2, -0.15) is 13.2 Å². The van der Waals surface area contributed by atoms with E-state index < -0.39 is 17.5 Å². The van der Waals surface area contributed by atoms with Crippen molar-refractivity contribution >= 4 is 11.5 Å². The van der Waals surface area contributed by atoms with E-state index in [0.717, 1.165) is 12.1 Å². The van der Waals surface area contributed by atoms with Crippen molar-refractivity contribution < 1.29 is 22.8 Å². The Morgan fingerprint density at radius 1 is 1.04 bits per heavy atom. The number of hydrogen-bond donors (Lipinski definition) is 0. The Kier molecular flexibility index (Phi) is 4.83. The third-order valence-corrected chi connectivity index (χ3v) is 3.25. The van der Waals surface area contributed by atoms with Gasteiger partial charge in [-0.25, -0.2) is 0 Å². The highest BCUT2D eigenvalue weighted by molar-refractivity contribution is 6.16. The van der Waals surface area contributed by atoms with E-state index in [1.807, 2.05) is 0 Å². The standard InChI is InChI=1S/C17H14F3NO2/c1-11(21-23-2)14-9-8-13(17(18,19)20)10-15(14)16(22)12-6-4-3-5-7-12/h3-10H,1-2H3/b21-11+. The molecule has 0 atom stereocenters. The summed E-state index contributed by atoms with van der Waals surface area (Å²) in [7, 11) is 1.33. The Bertz CT molecular complexity index is 737. The molecule has 2 rings (SSSR count). The van der Waals surface area contributed by atoms with E-state index in [2.05, 4.69) is 9.99 Å². The molecule has 0 spiro atoms. The Morgan fingerprint density at radius 3 is 2.26 bits per heavy atom.